The molecule has 2 rings (SSSR count). The van der Waals surface area contributed by atoms with Gasteiger partial charge in [0.1, 0.15) is 0 Å². The van der Waals surface area contributed by atoms with Crippen LogP contribution in [-0.2, 0) is 9.53 Å². The first-order valence-corrected chi connectivity index (χ1v) is 6.17. The average molecular weight is 211 g/mol. The summed E-state index contributed by atoms with van der Waals surface area (Å²) in [5, 5.41) is 3.47. The second kappa shape index (κ2) is 4.97. The van der Waals surface area contributed by atoms with Crippen molar-refractivity contribution in [1.82, 2.24) is 5.32 Å². The summed E-state index contributed by atoms with van der Waals surface area (Å²) in [6, 6.07) is 0. The molecule has 15 heavy (non-hydrogen) atoms. The lowest BCUT2D eigenvalue weighted by atomic mass is 9.68. The van der Waals surface area contributed by atoms with Crippen LogP contribution in [0.15, 0.2) is 0 Å². The number of carbonyl (C=O) groups excluding carboxylic acids is 1. The molecule has 2 aliphatic rings. The minimum absolute atomic E-state index is 0.00120. The third-order valence-corrected chi connectivity index (χ3v) is 3.88. The molecule has 1 heterocycles. The van der Waals surface area contributed by atoms with Crippen molar-refractivity contribution >= 4 is 5.97 Å². The van der Waals surface area contributed by atoms with Crippen molar-refractivity contribution in [2.45, 2.75) is 32.6 Å². The van der Waals surface area contributed by atoms with Crippen LogP contribution in [0.3, 0.4) is 0 Å². The van der Waals surface area contributed by atoms with Gasteiger partial charge in [0.05, 0.1) is 6.61 Å². The highest BCUT2D eigenvalue weighted by atomic mass is 16.5. The average Bonchev–Trinajstić information content (AvgIpc) is 2.17. The molecule has 2 atom stereocenters. The van der Waals surface area contributed by atoms with Gasteiger partial charge in [-0.25, -0.2) is 0 Å². The summed E-state index contributed by atoms with van der Waals surface area (Å²) in [6.45, 7) is 4.58. The summed E-state index contributed by atoms with van der Waals surface area (Å²) in [6.07, 6.45) is 4.56. The number of fused-ring (bicyclic) bond motifs is 2. The number of esters is 1. The summed E-state index contributed by atoms with van der Waals surface area (Å²) < 4.78 is 5.05. The first-order valence-electron chi connectivity index (χ1n) is 6.17. The van der Waals surface area contributed by atoms with E-state index >= 15 is 0 Å². The lowest BCUT2D eigenvalue weighted by Gasteiger charge is -2.42. The first-order chi connectivity index (χ1) is 7.31. The van der Waals surface area contributed by atoms with Gasteiger partial charge in [0.25, 0.3) is 0 Å². The molecular weight excluding hydrogens is 190 g/mol. The van der Waals surface area contributed by atoms with Crippen molar-refractivity contribution in [3.05, 3.63) is 0 Å². The van der Waals surface area contributed by atoms with Gasteiger partial charge in [-0.3, -0.25) is 4.79 Å². The maximum Gasteiger partial charge on any atom is 0.306 e. The van der Waals surface area contributed by atoms with E-state index in [0.717, 1.165) is 13.1 Å². The monoisotopic (exact) mass is 211 g/mol. The van der Waals surface area contributed by atoms with E-state index in [4.69, 9.17) is 4.74 Å². The van der Waals surface area contributed by atoms with Gasteiger partial charge in [0.2, 0.25) is 0 Å². The molecular formula is C12H21NO2. The Labute approximate surface area is 91.6 Å². The van der Waals surface area contributed by atoms with Crippen LogP contribution in [-0.4, -0.2) is 25.7 Å². The van der Waals surface area contributed by atoms with Gasteiger partial charge >= 0.3 is 5.97 Å². The van der Waals surface area contributed by atoms with Gasteiger partial charge in [0, 0.05) is 6.42 Å². The number of nitrogens with one attached hydrogen (secondary N) is 1. The quantitative estimate of drug-likeness (QED) is 0.720. The van der Waals surface area contributed by atoms with Crippen LogP contribution >= 0.6 is 0 Å². The molecule has 0 aromatic carbocycles. The lowest BCUT2D eigenvalue weighted by molar-refractivity contribution is -0.146. The van der Waals surface area contributed by atoms with E-state index in [-0.39, 0.29) is 5.97 Å². The molecule has 2 bridgehead atoms. The fourth-order valence-electron chi connectivity index (χ4n) is 3.16. The van der Waals surface area contributed by atoms with Crippen molar-refractivity contribution in [2.75, 3.05) is 19.7 Å². The number of hydrogen-bond acceptors (Lipinski definition) is 3. The van der Waals surface area contributed by atoms with E-state index < -0.39 is 0 Å². The fraction of sp³-hybridized carbons (Fsp3) is 0.917. The molecule has 0 spiro atoms. The number of carbonyl (C=O) groups is 1. The normalized spacial score (nSPS) is 34.9. The second-order valence-corrected chi connectivity index (χ2v) is 4.78. The van der Waals surface area contributed by atoms with Gasteiger partial charge in [0.15, 0.2) is 0 Å². The van der Waals surface area contributed by atoms with Crippen molar-refractivity contribution in [2.24, 2.45) is 17.8 Å². The van der Waals surface area contributed by atoms with Crippen LogP contribution in [0.5, 0.6) is 0 Å². The van der Waals surface area contributed by atoms with Crippen molar-refractivity contribution < 1.29 is 9.53 Å². The molecule has 1 saturated carbocycles. The molecule has 2 unspecified atom stereocenters. The van der Waals surface area contributed by atoms with E-state index in [0.29, 0.717) is 30.8 Å². The number of ether oxygens (including phenoxy) is 1. The van der Waals surface area contributed by atoms with Crippen LogP contribution in [0, 0.1) is 17.8 Å². The maximum absolute atomic E-state index is 11.5. The van der Waals surface area contributed by atoms with Crippen LogP contribution < -0.4 is 5.32 Å². The Morgan fingerprint density at radius 2 is 2.00 bits per heavy atom. The summed E-state index contributed by atoms with van der Waals surface area (Å²) in [5.74, 6) is 2.00. The Morgan fingerprint density at radius 3 is 2.60 bits per heavy atom. The van der Waals surface area contributed by atoms with Gasteiger partial charge in [-0.2, -0.15) is 0 Å². The largest absolute Gasteiger partial charge is 0.466 e. The number of rotatable bonds is 3. The molecule has 1 aliphatic carbocycles. The Hall–Kier alpha value is -0.570. The van der Waals surface area contributed by atoms with E-state index in [1.54, 1.807) is 0 Å². The van der Waals surface area contributed by atoms with Crippen molar-refractivity contribution in [3.8, 4) is 0 Å². The number of piperidine rings is 1. The van der Waals surface area contributed by atoms with E-state index in [9.17, 15) is 4.79 Å². The summed E-state index contributed by atoms with van der Waals surface area (Å²) in [5.41, 5.74) is 0. The topological polar surface area (TPSA) is 38.3 Å². The van der Waals surface area contributed by atoms with Gasteiger partial charge in [-0.1, -0.05) is 6.42 Å². The number of hydrogen-bond donors (Lipinski definition) is 1. The Balaban J connectivity index is 1.92. The molecule has 1 N–H and O–H groups in total. The zero-order valence-electron chi connectivity index (χ0n) is 9.50. The SMILES string of the molecule is CCOC(=O)CC1C2CCCC1CNC2. The molecule has 3 heteroatoms. The highest BCUT2D eigenvalue weighted by Crippen LogP contribution is 2.38. The standard InChI is InChI=1S/C12H21NO2/c1-2-15-12(14)6-11-9-4-3-5-10(11)8-13-7-9/h9-11,13H,2-8H2,1H3. The Morgan fingerprint density at radius 1 is 1.33 bits per heavy atom. The summed E-state index contributed by atoms with van der Waals surface area (Å²) in [4.78, 5) is 11.5. The van der Waals surface area contributed by atoms with E-state index in [1.807, 2.05) is 6.92 Å². The molecule has 0 amide bonds. The fourth-order valence-corrected chi connectivity index (χ4v) is 3.16. The molecule has 86 valence electrons. The Kier molecular flexibility index (Phi) is 3.62. The minimum Gasteiger partial charge on any atom is -0.466 e. The highest BCUT2D eigenvalue weighted by Gasteiger charge is 2.37. The molecule has 0 aromatic heterocycles. The predicted molar refractivity (Wildman–Crippen MR) is 58.4 cm³/mol. The lowest BCUT2D eigenvalue weighted by Crippen LogP contribution is -2.46. The smallest absolute Gasteiger partial charge is 0.306 e. The maximum atomic E-state index is 11.5. The van der Waals surface area contributed by atoms with Crippen LogP contribution in [0.2, 0.25) is 0 Å². The van der Waals surface area contributed by atoms with Gasteiger partial charge in [-0.15, -0.1) is 0 Å². The van der Waals surface area contributed by atoms with Crippen molar-refractivity contribution in [1.29, 1.82) is 0 Å². The summed E-state index contributed by atoms with van der Waals surface area (Å²) >= 11 is 0. The molecule has 1 saturated heterocycles. The zero-order chi connectivity index (χ0) is 10.7. The third kappa shape index (κ3) is 2.51. The second-order valence-electron chi connectivity index (χ2n) is 4.78. The molecule has 0 aromatic rings. The molecule has 0 radical (unpaired) electrons. The predicted octanol–water partition coefficient (Wildman–Crippen LogP) is 1.58. The van der Waals surface area contributed by atoms with Crippen molar-refractivity contribution in [3.63, 3.8) is 0 Å². The van der Waals surface area contributed by atoms with Crippen LogP contribution in [0.1, 0.15) is 32.6 Å². The van der Waals surface area contributed by atoms with Crippen LogP contribution in [0.4, 0.5) is 0 Å². The van der Waals surface area contributed by atoms with Gasteiger partial charge in [-0.05, 0) is 50.6 Å². The first kappa shape index (κ1) is 10.9. The van der Waals surface area contributed by atoms with E-state index in [1.165, 1.54) is 19.3 Å². The molecule has 3 nitrogen and oxygen atoms in total. The molecule has 2 fully saturated rings. The third-order valence-electron chi connectivity index (χ3n) is 3.88. The zero-order valence-corrected chi connectivity index (χ0v) is 9.50. The highest BCUT2D eigenvalue weighted by molar-refractivity contribution is 5.69. The van der Waals surface area contributed by atoms with Gasteiger partial charge < -0.3 is 10.1 Å². The Bertz CT molecular complexity index is 208. The summed E-state index contributed by atoms with van der Waals surface area (Å²) in [7, 11) is 0. The van der Waals surface area contributed by atoms with E-state index in [2.05, 4.69) is 5.32 Å². The molecule has 1 aliphatic heterocycles. The van der Waals surface area contributed by atoms with Crippen LogP contribution in [0.25, 0.3) is 0 Å². The minimum atomic E-state index is 0.00120.